The number of ketones is 1. The van der Waals surface area contributed by atoms with Crippen molar-refractivity contribution in [3.8, 4) is 21.7 Å². The van der Waals surface area contributed by atoms with E-state index in [1.165, 1.54) is 43.1 Å². The second kappa shape index (κ2) is 13.9. The van der Waals surface area contributed by atoms with Gasteiger partial charge in [-0.1, -0.05) is 109 Å². The number of pyridine rings is 1. The number of hydrogen-bond donors (Lipinski definition) is 1. The van der Waals surface area contributed by atoms with Gasteiger partial charge in [-0.2, -0.15) is 0 Å². The predicted octanol–water partition coefficient (Wildman–Crippen LogP) is 11.9. The molecule has 2 aromatic heterocycles. The summed E-state index contributed by atoms with van der Waals surface area (Å²) >= 11 is 1.90. The van der Waals surface area contributed by atoms with Crippen molar-refractivity contribution >= 4 is 38.1 Å². The maximum Gasteiger partial charge on any atom is 0.164 e. The van der Waals surface area contributed by atoms with Gasteiger partial charge in [-0.25, -0.2) is 0 Å². The molecule has 5 heteroatoms. The van der Waals surface area contributed by atoms with Gasteiger partial charge in [0, 0.05) is 46.6 Å². The first kappa shape index (κ1) is 35.7. The molecule has 0 atom stereocenters. The zero-order valence-corrected chi connectivity index (χ0v) is 31.6. The number of aliphatic hydroxyl groups excluding tert-OH is 1. The molecule has 0 fully saturated rings. The summed E-state index contributed by atoms with van der Waals surface area (Å²) in [5.74, 6) is 0.286. The Bertz CT molecular complexity index is 1890. The molecular weight excluding hydrogens is 763 g/mol. The monoisotopic (exact) mass is 809 g/mol. The number of para-hydroxylation sites is 1. The molecule has 0 aliphatic heterocycles. The summed E-state index contributed by atoms with van der Waals surface area (Å²) in [5.41, 5.74) is 6.62. The smallest absolute Gasteiger partial charge is 0.164 e. The SMILES string of the molecule is CC1(C)c2c(-c3ccc4ccccc4n3)[c-]ccc2-c2sc3ccccc3c21.CCC(C)(CC)C(=O)/C=C(\O)C(C)(CC)CC.[Ir]. The number of aliphatic hydroxyl groups is 1. The second-order valence-electron chi connectivity index (χ2n) is 13.4. The van der Waals surface area contributed by atoms with Crippen molar-refractivity contribution in [2.24, 2.45) is 10.8 Å². The summed E-state index contributed by atoms with van der Waals surface area (Å²) in [4.78, 5) is 18.6. The van der Waals surface area contributed by atoms with Crippen molar-refractivity contribution in [2.45, 2.75) is 86.5 Å². The third-order valence-electron chi connectivity index (χ3n) is 10.5. The van der Waals surface area contributed by atoms with Gasteiger partial charge in [0.1, 0.15) is 5.76 Å². The molecule has 1 radical (unpaired) electrons. The molecule has 0 saturated carbocycles. The van der Waals surface area contributed by atoms with Gasteiger partial charge < -0.3 is 5.11 Å². The molecule has 2 heterocycles. The van der Waals surface area contributed by atoms with E-state index in [1.807, 2.05) is 58.9 Å². The Morgan fingerprint density at radius 1 is 0.870 bits per heavy atom. The molecule has 0 amide bonds. The molecule has 1 aliphatic carbocycles. The topological polar surface area (TPSA) is 50.2 Å². The van der Waals surface area contributed by atoms with E-state index in [9.17, 15) is 9.90 Å². The van der Waals surface area contributed by atoms with Crippen LogP contribution in [0.25, 0.3) is 42.7 Å². The molecule has 0 bridgehead atoms. The van der Waals surface area contributed by atoms with E-state index in [-0.39, 0.29) is 47.9 Å². The minimum absolute atomic E-state index is 0. The maximum atomic E-state index is 12.2. The van der Waals surface area contributed by atoms with Crippen LogP contribution in [-0.2, 0) is 30.3 Å². The number of fused-ring (bicyclic) bond motifs is 6. The number of carbonyl (C=O) groups is 1. The molecule has 243 valence electrons. The molecule has 0 saturated heterocycles. The number of aromatic nitrogens is 1. The maximum absolute atomic E-state index is 12.2. The predicted molar refractivity (Wildman–Crippen MR) is 192 cm³/mol. The van der Waals surface area contributed by atoms with E-state index in [4.69, 9.17) is 4.98 Å². The zero-order valence-electron chi connectivity index (χ0n) is 28.4. The first-order valence-corrected chi connectivity index (χ1v) is 17.1. The molecule has 1 aliphatic rings. The Hall–Kier alpha value is -3.11. The van der Waals surface area contributed by atoms with Gasteiger partial charge in [-0.05, 0) is 65.3 Å². The number of thiophene rings is 1. The first-order chi connectivity index (χ1) is 21.4. The average Bonchev–Trinajstić information content (AvgIpc) is 3.57. The van der Waals surface area contributed by atoms with Crippen LogP contribution in [0.4, 0.5) is 0 Å². The van der Waals surface area contributed by atoms with Crippen molar-refractivity contribution in [3.05, 3.63) is 102 Å². The Kier molecular flexibility index (Phi) is 10.8. The summed E-state index contributed by atoms with van der Waals surface area (Å²) in [5, 5.41) is 12.7. The van der Waals surface area contributed by atoms with E-state index in [0.717, 1.165) is 42.5 Å². The number of nitrogens with zero attached hydrogens (tertiary/aromatic N) is 1. The number of benzene rings is 3. The quantitative estimate of drug-likeness (QED) is 0.0965. The summed E-state index contributed by atoms with van der Waals surface area (Å²) in [6, 6.07) is 29.2. The van der Waals surface area contributed by atoms with E-state index in [2.05, 4.69) is 86.6 Å². The average molecular weight is 809 g/mol. The van der Waals surface area contributed by atoms with Gasteiger partial charge in [0.05, 0.1) is 5.52 Å². The Morgan fingerprint density at radius 3 is 2.17 bits per heavy atom. The van der Waals surface area contributed by atoms with Crippen LogP contribution in [0.3, 0.4) is 0 Å². The largest absolute Gasteiger partial charge is 0.512 e. The van der Waals surface area contributed by atoms with Crippen LogP contribution in [0.2, 0.25) is 0 Å². The standard InChI is InChI=1S/C26H18NS.C15H28O2.Ir/c1-26(2)23-17(21-15-14-16-8-3-5-12-20(16)27-21)10-7-11-19(23)25-24(26)18-9-4-6-13-22(18)28-25;1-7-14(5,8-2)12(16)11-13(17)15(6,9-3)10-4;/h3-9,11-15H,1-2H3;11,16H,7-10H2,1-6H3;/q-1;;/b;12-11-;. The van der Waals surface area contributed by atoms with Gasteiger partial charge in [0.25, 0.3) is 0 Å². The van der Waals surface area contributed by atoms with Crippen LogP contribution < -0.4 is 0 Å². The van der Waals surface area contributed by atoms with E-state index >= 15 is 0 Å². The first-order valence-electron chi connectivity index (χ1n) is 16.3. The third-order valence-corrected chi connectivity index (χ3v) is 11.7. The molecule has 46 heavy (non-hydrogen) atoms. The molecule has 0 unspecified atom stereocenters. The van der Waals surface area contributed by atoms with Crippen molar-refractivity contribution in [3.63, 3.8) is 0 Å². The minimum atomic E-state index is -0.337. The Labute approximate surface area is 292 Å². The molecule has 6 rings (SSSR count). The van der Waals surface area contributed by atoms with Crippen LogP contribution in [0.15, 0.2) is 84.6 Å². The fourth-order valence-corrected chi connectivity index (χ4v) is 7.80. The molecule has 1 N–H and O–H groups in total. The summed E-state index contributed by atoms with van der Waals surface area (Å²) in [7, 11) is 0. The summed E-state index contributed by atoms with van der Waals surface area (Å²) in [6.07, 6.45) is 4.75. The van der Waals surface area contributed by atoms with E-state index < -0.39 is 0 Å². The van der Waals surface area contributed by atoms with Crippen LogP contribution in [-0.4, -0.2) is 15.9 Å². The number of carbonyl (C=O) groups excluding carboxylic acids is 1. The number of rotatable bonds is 8. The fourth-order valence-electron chi connectivity index (χ4n) is 6.41. The van der Waals surface area contributed by atoms with Crippen LogP contribution in [0.1, 0.15) is 92.2 Å². The normalized spacial score (nSPS) is 13.9. The van der Waals surface area contributed by atoms with Gasteiger partial charge in [0.15, 0.2) is 5.78 Å². The van der Waals surface area contributed by atoms with E-state index in [1.54, 1.807) is 0 Å². The third kappa shape index (κ3) is 6.27. The van der Waals surface area contributed by atoms with Crippen molar-refractivity contribution < 1.29 is 30.0 Å². The number of allylic oxidation sites excluding steroid dienone is 2. The minimum Gasteiger partial charge on any atom is -0.512 e. The molecule has 3 nitrogen and oxygen atoms in total. The second-order valence-corrected chi connectivity index (χ2v) is 14.4. The Balaban J connectivity index is 0.000000234. The van der Waals surface area contributed by atoms with Gasteiger partial charge in [-0.3, -0.25) is 9.78 Å². The van der Waals surface area contributed by atoms with Crippen LogP contribution in [0, 0.1) is 16.9 Å². The van der Waals surface area contributed by atoms with Crippen LogP contribution in [0.5, 0.6) is 0 Å². The number of hydrogen-bond acceptors (Lipinski definition) is 4. The van der Waals surface area contributed by atoms with Crippen molar-refractivity contribution in [1.29, 1.82) is 0 Å². The van der Waals surface area contributed by atoms with Crippen molar-refractivity contribution in [2.75, 3.05) is 0 Å². The van der Waals surface area contributed by atoms with Gasteiger partial charge in [0.2, 0.25) is 0 Å². The summed E-state index contributed by atoms with van der Waals surface area (Å²) < 4.78 is 1.37. The molecular formula is C41H46IrNO2S-. The Morgan fingerprint density at radius 2 is 1.50 bits per heavy atom. The fraction of sp³-hybridized carbons (Fsp3) is 0.366. The van der Waals surface area contributed by atoms with E-state index in [0.29, 0.717) is 0 Å². The van der Waals surface area contributed by atoms with Gasteiger partial charge >= 0.3 is 0 Å². The molecule has 0 spiro atoms. The van der Waals surface area contributed by atoms with Crippen molar-refractivity contribution in [1.82, 2.24) is 4.98 Å². The summed E-state index contributed by atoms with van der Waals surface area (Å²) in [6.45, 7) is 16.8. The zero-order chi connectivity index (χ0) is 32.6. The van der Waals surface area contributed by atoms with Gasteiger partial charge in [-0.15, -0.1) is 40.7 Å². The van der Waals surface area contributed by atoms with Crippen LogP contribution >= 0.6 is 11.3 Å². The molecule has 3 aromatic carbocycles. The molecule has 5 aromatic rings.